The number of halogens is 2. The Hall–Kier alpha value is -0.390. The molecule has 21 heavy (non-hydrogen) atoms. The van der Waals surface area contributed by atoms with E-state index in [-0.39, 0.29) is 6.04 Å². The van der Waals surface area contributed by atoms with Crippen LogP contribution in [-0.4, -0.2) is 49.3 Å². The zero-order valence-electron chi connectivity index (χ0n) is 12.0. The summed E-state index contributed by atoms with van der Waals surface area (Å²) < 4.78 is 5.52. The van der Waals surface area contributed by atoms with Gasteiger partial charge in [-0.25, -0.2) is 0 Å². The van der Waals surface area contributed by atoms with Crippen LogP contribution in [-0.2, 0) is 4.74 Å². The van der Waals surface area contributed by atoms with Gasteiger partial charge in [0, 0.05) is 63.4 Å². The number of aromatic nitrogens is 1. The third kappa shape index (κ3) is 3.51. The van der Waals surface area contributed by atoms with Crippen molar-refractivity contribution in [2.24, 2.45) is 5.92 Å². The van der Waals surface area contributed by atoms with Gasteiger partial charge in [0.2, 0.25) is 0 Å². The molecule has 1 atom stereocenters. The Bertz CT molecular complexity index is 436. The lowest BCUT2D eigenvalue weighted by molar-refractivity contribution is 0.0213. The highest BCUT2D eigenvalue weighted by Gasteiger charge is 2.33. The summed E-state index contributed by atoms with van der Waals surface area (Å²) >= 11 is 12.9. The molecule has 2 aliphatic heterocycles. The van der Waals surface area contributed by atoms with Crippen LogP contribution in [0.3, 0.4) is 0 Å². The minimum Gasteiger partial charge on any atom is -0.381 e. The molecule has 2 saturated heterocycles. The average molecular weight is 330 g/mol. The van der Waals surface area contributed by atoms with Gasteiger partial charge in [-0.15, -0.1) is 0 Å². The number of nitrogens with one attached hydrogen (secondary N) is 1. The summed E-state index contributed by atoms with van der Waals surface area (Å²) in [5.74, 6) is 0.536. The average Bonchev–Trinajstić information content (AvgIpc) is 2.53. The molecule has 0 radical (unpaired) electrons. The second-order valence-electron chi connectivity index (χ2n) is 5.70. The van der Waals surface area contributed by atoms with Gasteiger partial charge in [-0.3, -0.25) is 9.88 Å². The maximum Gasteiger partial charge on any atom is 0.0652 e. The first-order chi connectivity index (χ1) is 10.3. The van der Waals surface area contributed by atoms with Crippen LogP contribution in [0.2, 0.25) is 10.0 Å². The van der Waals surface area contributed by atoms with Gasteiger partial charge >= 0.3 is 0 Å². The third-order valence-corrected chi connectivity index (χ3v) is 5.05. The van der Waals surface area contributed by atoms with Crippen molar-refractivity contribution in [3.8, 4) is 0 Å². The topological polar surface area (TPSA) is 37.4 Å². The molecule has 1 N–H and O–H groups in total. The molecule has 2 fully saturated rings. The van der Waals surface area contributed by atoms with E-state index in [4.69, 9.17) is 27.9 Å². The second-order valence-corrected chi connectivity index (χ2v) is 6.51. The summed E-state index contributed by atoms with van der Waals surface area (Å²) in [6.45, 7) is 5.73. The fourth-order valence-corrected chi connectivity index (χ4v) is 4.00. The van der Waals surface area contributed by atoms with Gasteiger partial charge in [0.15, 0.2) is 0 Å². The van der Waals surface area contributed by atoms with Crippen molar-refractivity contribution >= 4 is 23.2 Å². The Morgan fingerprint density at radius 2 is 1.76 bits per heavy atom. The number of hydrogen-bond donors (Lipinski definition) is 1. The molecule has 4 nitrogen and oxygen atoms in total. The summed E-state index contributed by atoms with van der Waals surface area (Å²) in [5.41, 5.74) is 1.04. The van der Waals surface area contributed by atoms with Crippen molar-refractivity contribution in [1.82, 2.24) is 15.2 Å². The van der Waals surface area contributed by atoms with Gasteiger partial charge in [-0.2, -0.15) is 0 Å². The third-order valence-electron chi connectivity index (χ3n) is 4.44. The Morgan fingerprint density at radius 1 is 1.14 bits per heavy atom. The van der Waals surface area contributed by atoms with Crippen LogP contribution in [0.5, 0.6) is 0 Å². The predicted octanol–water partition coefficient (Wildman–Crippen LogP) is 2.76. The van der Waals surface area contributed by atoms with E-state index in [1.807, 2.05) is 0 Å². The molecule has 0 spiro atoms. The minimum absolute atomic E-state index is 0.263. The molecular formula is C15H21Cl2N3O. The van der Waals surface area contributed by atoms with E-state index in [9.17, 15) is 0 Å². The number of rotatable bonds is 3. The molecule has 116 valence electrons. The summed E-state index contributed by atoms with van der Waals surface area (Å²) in [7, 11) is 0. The number of piperazine rings is 1. The summed E-state index contributed by atoms with van der Waals surface area (Å²) in [6, 6.07) is 0.263. The Kier molecular flexibility index (Phi) is 5.35. The number of ether oxygens (including phenoxy) is 1. The highest BCUT2D eigenvalue weighted by molar-refractivity contribution is 6.35. The first-order valence-electron chi connectivity index (χ1n) is 7.59. The minimum atomic E-state index is 0.263. The Labute approximate surface area is 135 Å². The molecule has 0 unspecified atom stereocenters. The molecule has 1 aromatic heterocycles. The lowest BCUT2D eigenvalue weighted by Gasteiger charge is -2.41. The van der Waals surface area contributed by atoms with E-state index in [0.717, 1.165) is 57.8 Å². The smallest absolute Gasteiger partial charge is 0.0652 e. The SMILES string of the molecule is Clc1cncc(Cl)c1[C@H](C1CCOCC1)N1CCNCC1. The van der Waals surface area contributed by atoms with Crippen molar-refractivity contribution in [1.29, 1.82) is 0 Å². The first-order valence-corrected chi connectivity index (χ1v) is 8.34. The van der Waals surface area contributed by atoms with Crippen LogP contribution in [0.4, 0.5) is 0 Å². The monoisotopic (exact) mass is 329 g/mol. The molecule has 6 heteroatoms. The fourth-order valence-electron chi connectivity index (χ4n) is 3.41. The standard InChI is InChI=1S/C15H21Cl2N3O/c16-12-9-19-10-13(17)14(12)15(11-1-7-21-8-2-11)20-5-3-18-4-6-20/h9-11,15,18H,1-8H2/t15-/m0/s1. The van der Waals surface area contributed by atoms with Gasteiger partial charge in [0.25, 0.3) is 0 Å². The molecule has 1 aromatic rings. The van der Waals surface area contributed by atoms with Crippen molar-refractivity contribution in [2.75, 3.05) is 39.4 Å². The largest absolute Gasteiger partial charge is 0.381 e. The van der Waals surface area contributed by atoms with Gasteiger partial charge in [-0.1, -0.05) is 23.2 Å². The fraction of sp³-hybridized carbons (Fsp3) is 0.667. The van der Waals surface area contributed by atoms with Gasteiger partial charge < -0.3 is 10.1 Å². The van der Waals surface area contributed by atoms with Crippen LogP contribution < -0.4 is 5.32 Å². The lowest BCUT2D eigenvalue weighted by Crippen LogP contribution is -2.47. The van der Waals surface area contributed by atoms with Crippen molar-refractivity contribution in [3.05, 3.63) is 28.0 Å². The van der Waals surface area contributed by atoms with E-state index >= 15 is 0 Å². The molecule has 2 aliphatic rings. The van der Waals surface area contributed by atoms with Crippen LogP contribution >= 0.6 is 23.2 Å². The lowest BCUT2D eigenvalue weighted by atomic mass is 9.86. The van der Waals surface area contributed by atoms with Crippen LogP contribution in [0.25, 0.3) is 0 Å². The van der Waals surface area contributed by atoms with E-state index in [2.05, 4.69) is 15.2 Å². The summed E-state index contributed by atoms with van der Waals surface area (Å²) in [6.07, 6.45) is 5.53. The van der Waals surface area contributed by atoms with Crippen molar-refractivity contribution < 1.29 is 4.74 Å². The molecule has 0 saturated carbocycles. The van der Waals surface area contributed by atoms with E-state index < -0.39 is 0 Å². The number of hydrogen-bond acceptors (Lipinski definition) is 4. The molecule has 3 heterocycles. The molecule has 3 rings (SSSR count). The van der Waals surface area contributed by atoms with E-state index in [1.54, 1.807) is 12.4 Å². The van der Waals surface area contributed by atoms with E-state index in [1.165, 1.54) is 0 Å². The molecule has 0 aromatic carbocycles. The van der Waals surface area contributed by atoms with Crippen molar-refractivity contribution in [2.45, 2.75) is 18.9 Å². The highest BCUT2D eigenvalue weighted by Crippen LogP contribution is 2.41. The number of nitrogens with zero attached hydrogens (tertiary/aromatic N) is 2. The summed E-state index contributed by atoms with van der Waals surface area (Å²) in [5, 5.41) is 4.77. The second kappa shape index (κ2) is 7.25. The molecular weight excluding hydrogens is 309 g/mol. The molecule has 0 bridgehead atoms. The van der Waals surface area contributed by atoms with Crippen molar-refractivity contribution in [3.63, 3.8) is 0 Å². The van der Waals surface area contributed by atoms with Crippen LogP contribution in [0, 0.1) is 5.92 Å². The quantitative estimate of drug-likeness (QED) is 0.925. The van der Waals surface area contributed by atoms with E-state index in [0.29, 0.717) is 16.0 Å². The highest BCUT2D eigenvalue weighted by atomic mass is 35.5. The Balaban J connectivity index is 1.94. The van der Waals surface area contributed by atoms with Crippen LogP contribution in [0.1, 0.15) is 24.4 Å². The molecule has 0 aliphatic carbocycles. The maximum absolute atomic E-state index is 6.44. The summed E-state index contributed by atoms with van der Waals surface area (Å²) in [4.78, 5) is 6.61. The van der Waals surface area contributed by atoms with Gasteiger partial charge in [0.05, 0.1) is 10.0 Å². The zero-order chi connectivity index (χ0) is 14.7. The maximum atomic E-state index is 6.44. The predicted molar refractivity (Wildman–Crippen MR) is 85.0 cm³/mol. The molecule has 0 amide bonds. The normalized spacial score (nSPS) is 23.1. The first kappa shape index (κ1) is 15.5. The van der Waals surface area contributed by atoms with Crippen LogP contribution in [0.15, 0.2) is 12.4 Å². The van der Waals surface area contributed by atoms with Gasteiger partial charge in [0.1, 0.15) is 0 Å². The van der Waals surface area contributed by atoms with Gasteiger partial charge in [-0.05, 0) is 18.8 Å². The Morgan fingerprint density at radius 3 is 2.38 bits per heavy atom. The zero-order valence-corrected chi connectivity index (χ0v) is 13.5. The number of pyridine rings is 1.